The molecule has 4 N–H and O–H groups in total. The standard InChI is InChI=1S/C26H25N5O2S/c1-17-12-13-23-21(14-17)25-22(29-30-26(27)28)15-19(18-8-4-2-5-9-18)16-24(25)31(23)34(32,33)20-10-6-3-7-11-20/h2-14,19H,15-16H2,1H3,(H4,27,28,30)/b29-22-. The van der Waals surface area contributed by atoms with Gasteiger partial charge >= 0.3 is 0 Å². The monoisotopic (exact) mass is 471 g/mol. The van der Waals surface area contributed by atoms with Crippen LogP contribution in [-0.2, 0) is 16.4 Å². The lowest BCUT2D eigenvalue weighted by molar-refractivity contribution is 0.583. The SMILES string of the molecule is Cc1ccc2c(c1)c1c(n2S(=O)(=O)c2ccccc2)CC(c2ccccc2)C/C1=N/N=C(N)N. The minimum atomic E-state index is -3.86. The first-order valence-electron chi connectivity index (χ1n) is 11.0. The molecule has 1 aliphatic rings. The number of nitrogens with two attached hydrogens (primary N) is 2. The Morgan fingerprint density at radius 3 is 2.29 bits per heavy atom. The van der Waals surface area contributed by atoms with Crippen molar-refractivity contribution in [2.75, 3.05) is 0 Å². The average Bonchev–Trinajstić information content (AvgIpc) is 3.17. The van der Waals surface area contributed by atoms with E-state index in [1.165, 1.54) is 3.97 Å². The Kier molecular flexibility index (Phi) is 5.45. The van der Waals surface area contributed by atoms with Gasteiger partial charge in [-0.2, -0.15) is 5.10 Å². The maximum atomic E-state index is 13.9. The predicted molar refractivity (Wildman–Crippen MR) is 136 cm³/mol. The van der Waals surface area contributed by atoms with Gasteiger partial charge in [-0.25, -0.2) is 12.4 Å². The number of fused-ring (bicyclic) bond motifs is 3. The van der Waals surface area contributed by atoms with Gasteiger partial charge in [0.25, 0.3) is 10.0 Å². The lowest BCUT2D eigenvalue weighted by Crippen LogP contribution is -2.25. The van der Waals surface area contributed by atoms with E-state index in [9.17, 15) is 8.42 Å². The molecular weight excluding hydrogens is 446 g/mol. The van der Waals surface area contributed by atoms with Gasteiger partial charge in [-0.1, -0.05) is 60.2 Å². The summed E-state index contributed by atoms with van der Waals surface area (Å²) in [7, 11) is -3.86. The normalized spacial score (nSPS) is 17.0. The highest BCUT2D eigenvalue weighted by molar-refractivity contribution is 7.90. The van der Waals surface area contributed by atoms with Crippen LogP contribution in [0.25, 0.3) is 10.9 Å². The molecule has 0 saturated carbocycles. The number of aryl methyl sites for hydroxylation is 1. The van der Waals surface area contributed by atoms with Gasteiger partial charge in [-0.15, -0.1) is 5.10 Å². The summed E-state index contributed by atoms with van der Waals surface area (Å²) < 4.78 is 29.4. The van der Waals surface area contributed by atoms with Gasteiger partial charge in [-0.3, -0.25) is 0 Å². The molecular formula is C26H25N5O2S. The van der Waals surface area contributed by atoms with E-state index in [0.717, 1.165) is 22.1 Å². The second-order valence-electron chi connectivity index (χ2n) is 8.51. The molecule has 0 aliphatic heterocycles. The second kappa shape index (κ2) is 8.46. The number of benzene rings is 3. The molecule has 8 heteroatoms. The number of nitrogens with zero attached hydrogens (tertiary/aromatic N) is 3. The van der Waals surface area contributed by atoms with Crippen molar-refractivity contribution in [1.82, 2.24) is 3.97 Å². The maximum absolute atomic E-state index is 13.9. The van der Waals surface area contributed by atoms with Crippen molar-refractivity contribution in [3.63, 3.8) is 0 Å². The fraction of sp³-hybridized carbons (Fsp3) is 0.154. The molecule has 3 aromatic carbocycles. The Hall–Kier alpha value is -3.91. The Balaban J connectivity index is 1.84. The summed E-state index contributed by atoms with van der Waals surface area (Å²) in [6.07, 6.45) is 1.13. The zero-order chi connectivity index (χ0) is 23.9. The van der Waals surface area contributed by atoms with Crippen LogP contribution >= 0.6 is 0 Å². The molecule has 1 unspecified atom stereocenters. The molecule has 0 radical (unpaired) electrons. The quantitative estimate of drug-likeness (QED) is 0.267. The predicted octanol–water partition coefficient (Wildman–Crippen LogP) is 3.89. The molecule has 1 aromatic heterocycles. The average molecular weight is 472 g/mol. The van der Waals surface area contributed by atoms with Crippen molar-refractivity contribution in [1.29, 1.82) is 0 Å². The van der Waals surface area contributed by atoms with E-state index < -0.39 is 10.0 Å². The molecule has 0 spiro atoms. The minimum absolute atomic E-state index is 0.0248. The van der Waals surface area contributed by atoms with Crippen molar-refractivity contribution >= 4 is 32.6 Å². The number of rotatable bonds is 4. The van der Waals surface area contributed by atoms with E-state index in [1.54, 1.807) is 30.3 Å². The molecule has 7 nitrogen and oxygen atoms in total. The van der Waals surface area contributed by atoms with Crippen LogP contribution in [0.5, 0.6) is 0 Å². The van der Waals surface area contributed by atoms with E-state index >= 15 is 0 Å². The van der Waals surface area contributed by atoms with Crippen LogP contribution in [0.1, 0.15) is 34.7 Å². The molecule has 34 heavy (non-hydrogen) atoms. The van der Waals surface area contributed by atoms with Gasteiger partial charge in [-0.05, 0) is 55.5 Å². The van der Waals surface area contributed by atoms with Crippen molar-refractivity contribution in [3.8, 4) is 0 Å². The Morgan fingerprint density at radius 1 is 0.941 bits per heavy atom. The number of hydrogen-bond acceptors (Lipinski definition) is 4. The van der Waals surface area contributed by atoms with Gasteiger partial charge in [0.2, 0.25) is 5.96 Å². The van der Waals surface area contributed by atoms with E-state index in [1.807, 2.05) is 43.3 Å². The smallest absolute Gasteiger partial charge is 0.268 e. The largest absolute Gasteiger partial charge is 0.369 e. The molecule has 1 atom stereocenters. The van der Waals surface area contributed by atoms with Crippen molar-refractivity contribution < 1.29 is 8.42 Å². The van der Waals surface area contributed by atoms with Gasteiger partial charge in [0.1, 0.15) is 0 Å². The third kappa shape index (κ3) is 3.76. The molecule has 0 fully saturated rings. The van der Waals surface area contributed by atoms with E-state index in [0.29, 0.717) is 29.8 Å². The van der Waals surface area contributed by atoms with Crippen molar-refractivity contribution in [2.45, 2.75) is 30.6 Å². The molecule has 4 aromatic rings. The lowest BCUT2D eigenvalue weighted by Gasteiger charge is -2.25. The molecule has 0 saturated heterocycles. The first-order valence-corrected chi connectivity index (χ1v) is 12.5. The Bertz CT molecular complexity index is 1530. The highest BCUT2D eigenvalue weighted by atomic mass is 32.2. The summed E-state index contributed by atoms with van der Waals surface area (Å²) >= 11 is 0. The van der Waals surface area contributed by atoms with Crippen LogP contribution in [0.15, 0.2) is 94.0 Å². The van der Waals surface area contributed by atoms with Gasteiger partial charge in [0.05, 0.1) is 16.1 Å². The zero-order valence-electron chi connectivity index (χ0n) is 18.7. The highest BCUT2D eigenvalue weighted by Crippen LogP contribution is 2.40. The minimum Gasteiger partial charge on any atom is -0.369 e. The third-order valence-corrected chi connectivity index (χ3v) is 7.95. The zero-order valence-corrected chi connectivity index (χ0v) is 19.5. The molecule has 1 aliphatic carbocycles. The number of aromatic nitrogens is 1. The van der Waals surface area contributed by atoms with Crippen LogP contribution in [0.4, 0.5) is 0 Å². The topological polar surface area (TPSA) is 116 Å². The molecule has 0 bridgehead atoms. The van der Waals surface area contributed by atoms with Crippen LogP contribution in [0.2, 0.25) is 0 Å². The first-order chi connectivity index (χ1) is 16.4. The summed E-state index contributed by atoms with van der Waals surface area (Å²) in [5.41, 5.74) is 16.1. The Labute approximate surface area is 198 Å². The second-order valence-corrected chi connectivity index (χ2v) is 10.3. The van der Waals surface area contributed by atoms with E-state index in [-0.39, 0.29) is 16.8 Å². The first kappa shape index (κ1) is 21.9. The summed E-state index contributed by atoms with van der Waals surface area (Å²) in [5, 5.41) is 9.15. The summed E-state index contributed by atoms with van der Waals surface area (Å²) in [6.45, 7) is 1.98. The number of guanidine groups is 1. The lowest BCUT2D eigenvalue weighted by atomic mass is 9.81. The highest BCUT2D eigenvalue weighted by Gasteiger charge is 2.35. The van der Waals surface area contributed by atoms with Gasteiger partial charge in [0, 0.05) is 16.6 Å². The number of hydrogen-bond donors (Lipinski definition) is 2. The van der Waals surface area contributed by atoms with Crippen LogP contribution in [0, 0.1) is 6.92 Å². The van der Waals surface area contributed by atoms with Crippen LogP contribution < -0.4 is 11.5 Å². The maximum Gasteiger partial charge on any atom is 0.268 e. The summed E-state index contributed by atoms with van der Waals surface area (Å²) in [4.78, 5) is 0.236. The van der Waals surface area contributed by atoms with Crippen LogP contribution in [0.3, 0.4) is 0 Å². The molecule has 172 valence electrons. The van der Waals surface area contributed by atoms with Crippen molar-refractivity contribution in [3.05, 3.63) is 101 Å². The summed E-state index contributed by atoms with van der Waals surface area (Å²) in [6, 6.07) is 24.3. The van der Waals surface area contributed by atoms with Crippen LogP contribution in [-0.4, -0.2) is 24.1 Å². The fourth-order valence-corrected chi connectivity index (χ4v) is 6.31. The van der Waals surface area contributed by atoms with E-state index in [4.69, 9.17) is 11.5 Å². The van der Waals surface area contributed by atoms with Crippen molar-refractivity contribution in [2.24, 2.45) is 21.7 Å². The third-order valence-electron chi connectivity index (χ3n) is 6.18. The molecule has 1 heterocycles. The Morgan fingerprint density at radius 2 is 1.62 bits per heavy atom. The fourth-order valence-electron chi connectivity index (χ4n) is 4.72. The van der Waals surface area contributed by atoms with Gasteiger partial charge < -0.3 is 11.5 Å². The summed E-state index contributed by atoms with van der Waals surface area (Å²) in [5.74, 6) is -0.121. The molecule has 5 rings (SSSR count). The molecule has 0 amide bonds. The van der Waals surface area contributed by atoms with E-state index in [2.05, 4.69) is 22.3 Å². The van der Waals surface area contributed by atoms with Gasteiger partial charge in [0.15, 0.2) is 0 Å².